The first-order valence-electron chi connectivity index (χ1n) is 3.92. The van der Waals surface area contributed by atoms with Gasteiger partial charge in [-0.05, 0) is 6.42 Å². The number of carbonyl (C=O) groups excluding carboxylic acids is 1. The number of oxazole rings is 1. The van der Waals surface area contributed by atoms with Crippen LogP contribution in [-0.2, 0) is 4.79 Å². The molecule has 1 saturated carbocycles. The summed E-state index contributed by atoms with van der Waals surface area (Å²) >= 11 is 1.56. The molecule has 1 unspecified atom stereocenters. The fourth-order valence-corrected chi connectivity index (χ4v) is 2.31. The molecule has 0 bridgehead atoms. The molecule has 3 nitrogen and oxygen atoms in total. The zero-order valence-electron chi connectivity index (χ0n) is 6.53. The maximum Gasteiger partial charge on any atom is 0.255 e. The second-order valence-corrected chi connectivity index (χ2v) is 4.07. The minimum Gasteiger partial charge on any atom is -0.440 e. The lowest BCUT2D eigenvalue weighted by atomic mass is 10.4. The lowest BCUT2D eigenvalue weighted by Gasteiger charge is -2.01. The highest BCUT2D eigenvalue weighted by Gasteiger charge is 2.24. The Hall–Kier alpha value is -0.770. The van der Waals surface area contributed by atoms with Gasteiger partial charge in [-0.15, -0.1) is 0 Å². The van der Waals surface area contributed by atoms with Crippen LogP contribution in [0.1, 0.15) is 19.3 Å². The molecule has 12 heavy (non-hydrogen) atoms. The summed E-state index contributed by atoms with van der Waals surface area (Å²) in [5.41, 5.74) is 0. The Morgan fingerprint density at radius 1 is 1.67 bits per heavy atom. The Morgan fingerprint density at radius 2 is 2.58 bits per heavy atom. The van der Waals surface area contributed by atoms with Crippen molar-refractivity contribution in [1.29, 1.82) is 0 Å². The highest BCUT2D eigenvalue weighted by Crippen LogP contribution is 2.31. The van der Waals surface area contributed by atoms with E-state index in [0.29, 0.717) is 22.7 Å². The molecule has 1 heterocycles. The van der Waals surface area contributed by atoms with E-state index in [9.17, 15) is 4.79 Å². The molecule has 1 atom stereocenters. The van der Waals surface area contributed by atoms with Crippen molar-refractivity contribution in [2.75, 3.05) is 0 Å². The summed E-state index contributed by atoms with van der Waals surface area (Å²) in [6.45, 7) is 0. The van der Waals surface area contributed by atoms with Crippen LogP contribution < -0.4 is 0 Å². The average Bonchev–Trinajstić information content (AvgIpc) is 2.63. The number of ketones is 1. The first-order valence-corrected chi connectivity index (χ1v) is 4.80. The number of Topliss-reactive ketones (excluding diaryl/α,β-unsaturated/α-hetero) is 1. The molecule has 0 amide bonds. The van der Waals surface area contributed by atoms with E-state index < -0.39 is 0 Å². The first kappa shape index (κ1) is 7.86. The normalized spacial score (nSPS) is 23.3. The number of thioether (sulfide) groups is 1. The molecule has 1 aromatic heterocycles. The predicted octanol–water partition coefficient (Wildman–Crippen LogP) is 1.89. The number of nitrogens with zero attached hydrogens (tertiary/aromatic N) is 1. The van der Waals surface area contributed by atoms with Crippen molar-refractivity contribution in [3.8, 4) is 0 Å². The van der Waals surface area contributed by atoms with Gasteiger partial charge in [0.05, 0.1) is 6.20 Å². The summed E-state index contributed by atoms with van der Waals surface area (Å²) in [4.78, 5) is 14.9. The van der Waals surface area contributed by atoms with Crippen LogP contribution in [0.15, 0.2) is 22.1 Å². The highest BCUT2D eigenvalue weighted by atomic mass is 32.2. The fourth-order valence-electron chi connectivity index (χ4n) is 1.29. The van der Waals surface area contributed by atoms with E-state index in [4.69, 9.17) is 4.42 Å². The third-order valence-electron chi connectivity index (χ3n) is 1.88. The largest absolute Gasteiger partial charge is 0.440 e. The number of hydrogen-bond donors (Lipinski definition) is 0. The molecule has 1 fully saturated rings. The average molecular weight is 183 g/mol. The zero-order chi connectivity index (χ0) is 8.39. The zero-order valence-corrected chi connectivity index (χ0v) is 7.34. The van der Waals surface area contributed by atoms with E-state index >= 15 is 0 Å². The van der Waals surface area contributed by atoms with Gasteiger partial charge in [-0.25, -0.2) is 4.98 Å². The Bertz CT molecular complexity index is 271. The monoisotopic (exact) mass is 183 g/mol. The van der Waals surface area contributed by atoms with Crippen molar-refractivity contribution in [2.24, 2.45) is 0 Å². The van der Waals surface area contributed by atoms with Gasteiger partial charge in [0.2, 0.25) is 0 Å². The summed E-state index contributed by atoms with van der Waals surface area (Å²) in [5, 5.41) is 1.06. The van der Waals surface area contributed by atoms with Gasteiger partial charge in [0, 0.05) is 18.1 Å². The van der Waals surface area contributed by atoms with Crippen molar-refractivity contribution >= 4 is 17.5 Å². The molecule has 0 radical (unpaired) electrons. The number of aromatic nitrogens is 1. The maximum atomic E-state index is 10.9. The lowest BCUT2D eigenvalue weighted by Crippen LogP contribution is -1.95. The van der Waals surface area contributed by atoms with E-state index in [2.05, 4.69) is 4.98 Å². The Morgan fingerprint density at radius 3 is 3.17 bits per heavy atom. The van der Waals surface area contributed by atoms with Crippen molar-refractivity contribution in [2.45, 2.75) is 29.7 Å². The summed E-state index contributed by atoms with van der Waals surface area (Å²) in [5.74, 6) is 0.360. The second-order valence-electron chi connectivity index (χ2n) is 2.82. The van der Waals surface area contributed by atoms with E-state index in [-0.39, 0.29) is 0 Å². The number of hydrogen-bond acceptors (Lipinski definition) is 4. The number of carbonyl (C=O) groups is 1. The summed E-state index contributed by atoms with van der Waals surface area (Å²) < 4.78 is 5.07. The van der Waals surface area contributed by atoms with Gasteiger partial charge in [0.15, 0.2) is 0 Å². The smallest absolute Gasteiger partial charge is 0.255 e. The molecule has 1 aromatic rings. The van der Waals surface area contributed by atoms with E-state index in [1.807, 2.05) is 0 Å². The molecule has 0 N–H and O–H groups in total. The van der Waals surface area contributed by atoms with Gasteiger partial charge in [-0.3, -0.25) is 4.79 Å². The summed E-state index contributed by atoms with van der Waals surface area (Å²) in [7, 11) is 0. The van der Waals surface area contributed by atoms with Crippen LogP contribution in [0.5, 0.6) is 0 Å². The standard InChI is InChI=1S/C8H9NO2S/c10-6-1-2-7(5-6)12-8-9-3-4-11-8/h3-4,7H,1-2,5H2. The van der Waals surface area contributed by atoms with Crippen LogP contribution in [-0.4, -0.2) is 16.0 Å². The molecular formula is C8H9NO2S. The van der Waals surface area contributed by atoms with Crippen LogP contribution in [0.4, 0.5) is 0 Å². The second kappa shape index (κ2) is 3.31. The Kier molecular flexibility index (Phi) is 2.17. The van der Waals surface area contributed by atoms with E-state index in [1.54, 1.807) is 24.2 Å². The van der Waals surface area contributed by atoms with Crippen LogP contribution >= 0.6 is 11.8 Å². The molecule has 1 aliphatic rings. The number of rotatable bonds is 2. The van der Waals surface area contributed by atoms with Crippen LogP contribution in [0, 0.1) is 0 Å². The molecule has 0 saturated heterocycles. The van der Waals surface area contributed by atoms with Crippen molar-refractivity contribution < 1.29 is 9.21 Å². The molecule has 2 rings (SSSR count). The lowest BCUT2D eigenvalue weighted by molar-refractivity contribution is -0.117. The molecule has 64 valence electrons. The molecule has 4 heteroatoms. The van der Waals surface area contributed by atoms with Crippen molar-refractivity contribution in [1.82, 2.24) is 4.98 Å². The minimum absolute atomic E-state index is 0.360. The van der Waals surface area contributed by atoms with Crippen molar-refractivity contribution in [3.05, 3.63) is 12.5 Å². The topological polar surface area (TPSA) is 43.1 Å². The summed E-state index contributed by atoms with van der Waals surface area (Å²) in [6.07, 6.45) is 5.54. The van der Waals surface area contributed by atoms with Gasteiger partial charge < -0.3 is 4.42 Å². The van der Waals surface area contributed by atoms with Crippen LogP contribution in [0.3, 0.4) is 0 Å². The minimum atomic E-state index is 0.360. The molecule has 0 spiro atoms. The molecular weight excluding hydrogens is 174 g/mol. The predicted molar refractivity (Wildman–Crippen MR) is 45.0 cm³/mol. The van der Waals surface area contributed by atoms with Gasteiger partial charge in [-0.1, -0.05) is 11.8 Å². The first-order chi connectivity index (χ1) is 5.84. The van der Waals surface area contributed by atoms with Gasteiger partial charge in [0.1, 0.15) is 12.0 Å². The SMILES string of the molecule is O=C1CCC(Sc2ncco2)C1. The third-order valence-corrected chi connectivity index (χ3v) is 3.02. The quantitative estimate of drug-likeness (QED) is 0.702. The van der Waals surface area contributed by atoms with E-state index in [0.717, 1.165) is 12.8 Å². The van der Waals surface area contributed by atoms with Gasteiger partial charge in [0.25, 0.3) is 5.22 Å². The van der Waals surface area contributed by atoms with Crippen molar-refractivity contribution in [3.63, 3.8) is 0 Å². The van der Waals surface area contributed by atoms with Gasteiger partial charge in [-0.2, -0.15) is 0 Å². The third kappa shape index (κ3) is 1.69. The maximum absolute atomic E-state index is 10.9. The molecule has 0 aliphatic heterocycles. The Balaban J connectivity index is 1.92. The Labute approximate surface area is 74.5 Å². The fraction of sp³-hybridized carbons (Fsp3) is 0.500. The summed E-state index contributed by atoms with van der Waals surface area (Å²) in [6, 6.07) is 0. The highest BCUT2D eigenvalue weighted by molar-refractivity contribution is 7.99. The molecule has 1 aliphatic carbocycles. The van der Waals surface area contributed by atoms with Crippen LogP contribution in [0.25, 0.3) is 0 Å². The molecule has 0 aromatic carbocycles. The van der Waals surface area contributed by atoms with Crippen LogP contribution in [0.2, 0.25) is 0 Å². The van der Waals surface area contributed by atoms with E-state index in [1.165, 1.54) is 0 Å². The van der Waals surface area contributed by atoms with Gasteiger partial charge >= 0.3 is 0 Å².